The smallest absolute Gasteiger partial charge is 0.243 e. The quantitative estimate of drug-likeness (QED) is 0.481. The van der Waals surface area contributed by atoms with Crippen LogP contribution in [-0.2, 0) is 26.2 Å². The molecule has 0 aliphatic carbocycles. The summed E-state index contributed by atoms with van der Waals surface area (Å²) in [6.45, 7) is 3.93. The Labute approximate surface area is 201 Å². The Bertz CT molecular complexity index is 1250. The predicted octanol–water partition coefficient (Wildman–Crippen LogP) is 3.40. The average Bonchev–Trinajstić information content (AvgIpc) is 2.84. The fraction of sp³-hybridized carbons (Fsp3) is 0.308. The second-order valence-electron chi connectivity index (χ2n) is 8.10. The topological polar surface area (TPSA) is 86.8 Å². The number of likely N-dealkylation sites (N-methyl/N-ethyl adjacent to an activating group) is 2. The molecule has 0 unspecified atom stereocenters. The van der Waals surface area contributed by atoms with Gasteiger partial charge in [0.2, 0.25) is 21.8 Å². The summed E-state index contributed by atoms with van der Waals surface area (Å²) in [6.07, 6.45) is 0.408. The van der Waals surface area contributed by atoms with E-state index in [9.17, 15) is 18.0 Å². The minimum Gasteiger partial charge on any atom is -0.355 e. The molecule has 3 aromatic carbocycles. The summed E-state index contributed by atoms with van der Waals surface area (Å²) in [6, 6.07) is 21.0. The Kier molecular flexibility index (Phi) is 8.41. The third-order valence-electron chi connectivity index (χ3n) is 5.72. The third kappa shape index (κ3) is 5.81. The van der Waals surface area contributed by atoms with Crippen LogP contribution in [0.5, 0.6) is 0 Å². The SMILES string of the molecule is CCNC(=O)[C@@H](CC)N(Cc1ccccc1)C(=O)CN(C)S(=O)(=O)c1ccc2ccccc2c1. The lowest BCUT2D eigenvalue weighted by molar-refractivity contribution is -0.141. The molecular weight excluding hydrogens is 450 g/mol. The van der Waals surface area contributed by atoms with Crippen LogP contribution in [0.15, 0.2) is 77.7 Å². The van der Waals surface area contributed by atoms with Crippen LogP contribution in [0.1, 0.15) is 25.8 Å². The van der Waals surface area contributed by atoms with Crippen molar-refractivity contribution in [1.29, 1.82) is 0 Å². The Morgan fingerprint density at radius 2 is 1.56 bits per heavy atom. The molecular formula is C26H31N3O4S. The molecule has 1 N–H and O–H groups in total. The Balaban J connectivity index is 1.86. The van der Waals surface area contributed by atoms with Crippen molar-refractivity contribution in [3.63, 3.8) is 0 Å². The molecule has 7 nitrogen and oxygen atoms in total. The second kappa shape index (κ2) is 11.3. The number of hydrogen-bond donors (Lipinski definition) is 1. The molecule has 0 aliphatic heterocycles. The number of nitrogens with zero attached hydrogens (tertiary/aromatic N) is 2. The number of rotatable bonds is 10. The Morgan fingerprint density at radius 3 is 2.21 bits per heavy atom. The zero-order valence-electron chi connectivity index (χ0n) is 19.8. The van der Waals surface area contributed by atoms with Crippen LogP contribution >= 0.6 is 0 Å². The molecule has 0 aromatic heterocycles. The van der Waals surface area contributed by atoms with Gasteiger partial charge in [0.25, 0.3) is 0 Å². The standard InChI is InChI=1S/C26H31N3O4S/c1-4-24(26(31)27-5-2)29(18-20-11-7-6-8-12-20)25(30)19-28(3)34(32,33)23-16-15-21-13-9-10-14-22(21)17-23/h6-17,24H,4-5,18-19H2,1-3H3,(H,27,31)/t24-/m1/s1. The first kappa shape index (κ1) is 25.4. The van der Waals surface area contributed by atoms with Gasteiger partial charge in [0, 0.05) is 20.1 Å². The fourth-order valence-corrected chi connectivity index (χ4v) is 5.02. The van der Waals surface area contributed by atoms with Crippen molar-refractivity contribution >= 4 is 32.6 Å². The molecule has 0 radical (unpaired) electrons. The first-order valence-corrected chi connectivity index (χ1v) is 12.8. The van der Waals surface area contributed by atoms with Crippen LogP contribution in [0, 0.1) is 0 Å². The number of sulfonamides is 1. The molecule has 0 spiro atoms. The molecule has 180 valence electrons. The normalized spacial score (nSPS) is 12.5. The molecule has 8 heteroatoms. The molecule has 0 aliphatic rings. The van der Waals surface area contributed by atoms with Gasteiger partial charge in [-0.1, -0.05) is 67.6 Å². The van der Waals surface area contributed by atoms with Gasteiger partial charge in [-0.2, -0.15) is 4.31 Å². The van der Waals surface area contributed by atoms with E-state index in [1.165, 1.54) is 11.9 Å². The Hall–Kier alpha value is -3.23. The number of benzene rings is 3. The molecule has 0 heterocycles. The molecule has 3 rings (SSSR count). The van der Waals surface area contributed by atoms with E-state index in [0.29, 0.717) is 13.0 Å². The number of carbonyl (C=O) groups excluding carboxylic acids is 2. The fourth-order valence-electron chi connectivity index (χ4n) is 3.87. The Morgan fingerprint density at radius 1 is 0.912 bits per heavy atom. The zero-order chi connectivity index (χ0) is 24.7. The van der Waals surface area contributed by atoms with E-state index in [1.807, 2.05) is 68.4 Å². The summed E-state index contributed by atoms with van der Waals surface area (Å²) in [5.74, 6) is -0.692. The number of fused-ring (bicyclic) bond motifs is 1. The van der Waals surface area contributed by atoms with Crippen LogP contribution in [-0.4, -0.2) is 55.6 Å². The minimum absolute atomic E-state index is 0.117. The van der Waals surface area contributed by atoms with Gasteiger partial charge < -0.3 is 10.2 Å². The number of hydrogen-bond acceptors (Lipinski definition) is 4. The minimum atomic E-state index is -3.91. The monoisotopic (exact) mass is 481 g/mol. The summed E-state index contributed by atoms with van der Waals surface area (Å²) >= 11 is 0. The molecule has 0 fully saturated rings. The van der Waals surface area contributed by atoms with Crippen LogP contribution in [0.25, 0.3) is 10.8 Å². The van der Waals surface area contributed by atoms with E-state index >= 15 is 0 Å². The summed E-state index contributed by atoms with van der Waals surface area (Å²) < 4.78 is 27.5. The summed E-state index contributed by atoms with van der Waals surface area (Å²) in [5.41, 5.74) is 0.860. The van der Waals surface area contributed by atoms with E-state index in [4.69, 9.17) is 0 Å². The number of amides is 2. The zero-order valence-corrected chi connectivity index (χ0v) is 20.6. The van der Waals surface area contributed by atoms with E-state index < -0.39 is 22.0 Å². The lowest BCUT2D eigenvalue weighted by Crippen LogP contribution is -2.51. The highest BCUT2D eigenvalue weighted by molar-refractivity contribution is 7.89. The van der Waals surface area contributed by atoms with Gasteiger partial charge in [0.05, 0.1) is 11.4 Å². The highest BCUT2D eigenvalue weighted by atomic mass is 32.2. The third-order valence-corrected chi connectivity index (χ3v) is 7.52. The second-order valence-corrected chi connectivity index (χ2v) is 10.1. The van der Waals surface area contributed by atoms with Crippen molar-refractivity contribution in [1.82, 2.24) is 14.5 Å². The molecule has 1 atom stereocenters. The number of nitrogens with one attached hydrogen (secondary N) is 1. The van der Waals surface area contributed by atoms with Gasteiger partial charge in [0.15, 0.2) is 0 Å². The number of carbonyl (C=O) groups is 2. The maximum atomic E-state index is 13.4. The summed E-state index contributed by atoms with van der Waals surface area (Å²) in [4.78, 5) is 27.7. The van der Waals surface area contributed by atoms with Crippen molar-refractivity contribution in [3.8, 4) is 0 Å². The van der Waals surface area contributed by atoms with Crippen LogP contribution in [0.4, 0.5) is 0 Å². The molecule has 34 heavy (non-hydrogen) atoms. The largest absolute Gasteiger partial charge is 0.355 e. The van der Waals surface area contributed by atoms with Gasteiger partial charge in [-0.25, -0.2) is 8.42 Å². The highest BCUT2D eigenvalue weighted by Crippen LogP contribution is 2.22. The molecule has 0 saturated carbocycles. The van der Waals surface area contributed by atoms with E-state index in [-0.39, 0.29) is 23.9 Å². The average molecular weight is 482 g/mol. The van der Waals surface area contributed by atoms with Crippen molar-refractivity contribution in [2.24, 2.45) is 0 Å². The van der Waals surface area contributed by atoms with Crippen molar-refractivity contribution in [3.05, 3.63) is 78.4 Å². The van der Waals surface area contributed by atoms with Crippen LogP contribution in [0.3, 0.4) is 0 Å². The van der Waals surface area contributed by atoms with Crippen LogP contribution < -0.4 is 5.32 Å². The first-order chi connectivity index (χ1) is 16.3. The maximum Gasteiger partial charge on any atom is 0.243 e. The van der Waals surface area contributed by atoms with Crippen molar-refractivity contribution in [2.45, 2.75) is 37.8 Å². The van der Waals surface area contributed by atoms with Crippen LogP contribution in [0.2, 0.25) is 0 Å². The van der Waals surface area contributed by atoms with Crippen molar-refractivity contribution in [2.75, 3.05) is 20.1 Å². The lowest BCUT2D eigenvalue weighted by Gasteiger charge is -2.31. The molecule has 2 amide bonds. The molecule has 0 saturated heterocycles. The van der Waals surface area contributed by atoms with Gasteiger partial charge in [0.1, 0.15) is 6.04 Å². The van der Waals surface area contributed by atoms with Gasteiger partial charge in [-0.05, 0) is 41.8 Å². The lowest BCUT2D eigenvalue weighted by atomic mass is 10.1. The van der Waals surface area contributed by atoms with Crippen molar-refractivity contribution < 1.29 is 18.0 Å². The molecule has 3 aromatic rings. The predicted molar refractivity (Wildman–Crippen MR) is 134 cm³/mol. The van der Waals surface area contributed by atoms with Gasteiger partial charge >= 0.3 is 0 Å². The summed E-state index contributed by atoms with van der Waals surface area (Å²) in [5, 5.41) is 4.51. The maximum absolute atomic E-state index is 13.4. The van der Waals surface area contributed by atoms with E-state index in [1.54, 1.807) is 18.2 Å². The van der Waals surface area contributed by atoms with E-state index in [2.05, 4.69) is 5.32 Å². The van der Waals surface area contributed by atoms with E-state index in [0.717, 1.165) is 20.6 Å². The highest BCUT2D eigenvalue weighted by Gasteiger charge is 2.31. The molecule has 0 bridgehead atoms. The van der Waals surface area contributed by atoms with Gasteiger partial charge in [-0.3, -0.25) is 9.59 Å². The summed E-state index contributed by atoms with van der Waals surface area (Å²) in [7, 11) is -2.52. The van der Waals surface area contributed by atoms with Gasteiger partial charge in [-0.15, -0.1) is 0 Å². The first-order valence-electron chi connectivity index (χ1n) is 11.3.